The van der Waals surface area contributed by atoms with Crippen molar-refractivity contribution < 1.29 is 9.13 Å². The topological polar surface area (TPSA) is 9.23 Å². The van der Waals surface area contributed by atoms with Crippen LogP contribution in [0.25, 0.3) is 0 Å². The lowest BCUT2D eigenvalue weighted by Crippen LogP contribution is -1.99. The summed E-state index contributed by atoms with van der Waals surface area (Å²) in [5, 5.41) is 0.291. The predicted octanol–water partition coefficient (Wildman–Crippen LogP) is 4.66. The minimum Gasteiger partial charge on any atom is -0.484 e. The minimum absolute atomic E-state index is 0.113. The van der Waals surface area contributed by atoms with E-state index in [1.165, 1.54) is 0 Å². The van der Waals surface area contributed by atoms with Crippen molar-refractivity contribution in [2.24, 2.45) is 0 Å². The maximum Gasteiger partial charge on any atom is 0.179 e. The highest BCUT2D eigenvalue weighted by Gasteiger charge is 2.12. The summed E-state index contributed by atoms with van der Waals surface area (Å²) < 4.78 is 19.7. The molecule has 4 heteroatoms. The smallest absolute Gasteiger partial charge is 0.179 e. The Labute approximate surface area is 118 Å². The quantitative estimate of drug-likeness (QED) is 0.570. The summed E-state index contributed by atoms with van der Waals surface area (Å²) in [6.45, 7) is 0.303. The SMILES string of the molecule is Fc1c(I)ccc(Cl)c1OCc1ccccc1. The zero-order valence-corrected chi connectivity index (χ0v) is 11.7. The number of benzene rings is 2. The predicted molar refractivity (Wildman–Crippen MR) is 74.9 cm³/mol. The number of hydrogen-bond donors (Lipinski definition) is 0. The van der Waals surface area contributed by atoms with Crippen LogP contribution in [0, 0.1) is 9.39 Å². The molecule has 0 bridgehead atoms. The second kappa shape index (κ2) is 5.69. The zero-order valence-electron chi connectivity index (χ0n) is 8.79. The molecule has 0 unspecified atom stereocenters. The van der Waals surface area contributed by atoms with Crippen molar-refractivity contribution in [3.05, 3.63) is 62.4 Å². The first-order valence-electron chi connectivity index (χ1n) is 4.98. The summed E-state index contributed by atoms with van der Waals surface area (Å²) in [6, 6.07) is 12.8. The standard InChI is InChI=1S/C13H9ClFIO/c14-10-6-7-11(16)12(15)13(10)17-8-9-4-2-1-3-5-9/h1-7H,8H2. The third kappa shape index (κ3) is 3.10. The van der Waals surface area contributed by atoms with Gasteiger partial charge >= 0.3 is 0 Å². The average molecular weight is 363 g/mol. The van der Waals surface area contributed by atoms with Gasteiger partial charge in [0.25, 0.3) is 0 Å². The number of hydrogen-bond acceptors (Lipinski definition) is 1. The van der Waals surface area contributed by atoms with Gasteiger partial charge < -0.3 is 4.74 Å². The van der Waals surface area contributed by atoms with Crippen LogP contribution in [0.4, 0.5) is 4.39 Å². The van der Waals surface area contributed by atoms with E-state index in [1.807, 2.05) is 52.9 Å². The Hall–Kier alpha value is -0.810. The van der Waals surface area contributed by atoms with E-state index in [2.05, 4.69) is 0 Å². The Kier molecular flexibility index (Phi) is 4.23. The fraction of sp³-hybridized carbons (Fsp3) is 0.0769. The molecule has 0 aliphatic heterocycles. The molecule has 17 heavy (non-hydrogen) atoms. The number of halogens is 3. The van der Waals surface area contributed by atoms with Crippen LogP contribution >= 0.6 is 34.2 Å². The van der Waals surface area contributed by atoms with E-state index in [-0.39, 0.29) is 5.75 Å². The van der Waals surface area contributed by atoms with E-state index >= 15 is 0 Å². The molecule has 88 valence electrons. The monoisotopic (exact) mass is 362 g/mol. The molecule has 0 heterocycles. The summed E-state index contributed by atoms with van der Waals surface area (Å²) in [7, 11) is 0. The molecule has 2 aromatic rings. The number of rotatable bonds is 3. The van der Waals surface area contributed by atoms with Gasteiger partial charge in [-0.25, -0.2) is 4.39 Å². The molecule has 2 aromatic carbocycles. The second-order valence-electron chi connectivity index (χ2n) is 3.45. The van der Waals surface area contributed by atoms with E-state index in [0.717, 1.165) is 5.56 Å². The highest BCUT2D eigenvalue weighted by Crippen LogP contribution is 2.31. The number of ether oxygens (including phenoxy) is 1. The van der Waals surface area contributed by atoms with Crippen molar-refractivity contribution in [3.8, 4) is 5.75 Å². The summed E-state index contributed by atoms with van der Waals surface area (Å²) in [4.78, 5) is 0. The van der Waals surface area contributed by atoms with E-state index < -0.39 is 5.82 Å². The lowest BCUT2D eigenvalue weighted by atomic mass is 10.2. The third-order valence-corrected chi connectivity index (χ3v) is 3.36. The van der Waals surface area contributed by atoms with Crippen molar-refractivity contribution in [3.63, 3.8) is 0 Å². The molecule has 0 fully saturated rings. The molecule has 1 nitrogen and oxygen atoms in total. The summed E-state index contributed by atoms with van der Waals surface area (Å²) in [5.74, 6) is -0.295. The molecule has 2 rings (SSSR count). The lowest BCUT2D eigenvalue weighted by molar-refractivity contribution is 0.290. The summed E-state index contributed by atoms with van der Waals surface area (Å²) >= 11 is 7.81. The summed E-state index contributed by atoms with van der Waals surface area (Å²) in [5.41, 5.74) is 0.974. The van der Waals surface area contributed by atoms with Crippen molar-refractivity contribution in [2.75, 3.05) is 0 Å². The average Bonchev–Trinajstić information content (AvgIpc) is 2.35. The van der Waals surface area contributed by atoms with Gasteiger partial charge in [0, 0.05) is 0 Å². The molecule has 0 amide bonds. The molecular weight excluding hydrogens is 353 g/mol. The molecular formula is C13H9ClFIO. The molecule has 0 aliphatic rings. The van der Waals surface area contributed by atoms with Crippen LogP contribution in [0.5, 0.6) is 5.75 Å². The molecule has 0 atom stereocenters. The Morgan fingerprint density at radius 2 is 1.82 bits per heavy atom. The molecule has 0 saturated carbocycles. The van der Waals surface area contributed by atoms with Crippen molar-refractivity contribution in [1.29, 1.82) is 0 Å². The van der Waals surface area contributed by atoms with Gasteiger partial charge in [-0.15, -0.1) is 0 Å². The first kappa shape index (κ1) is 12.6. The Bertz CT molecular complexity index is 516. The first-order chi connectivity index (χ1) is 8.18. The van der Waals surface area contributed by atoms with Crippen LogP contribution in [0.3, 0.4) is 0 Å². The third-order valence-electron chi connectivity index (χ3n) is 2.23. The van der Waals surface area contributed by atoms with Gasteiger partial charge in [0.15, 0.2) is 11.6 Å². The Morgan fingerprint density at radius 3 is 2.53 bits per heavy atom. The van der Waals surface area contributed by atoms with Crippen LogP contribution in [-0.2, 0) is 6.61 Å². The molecule has 0 spiro atoms. The van der Waals surface area contributed by atoms with Gasteiger partial charge in [0.2, 0.25) is 0 Å². The maximum atomic E-state index is 13.7. The zero-order chi connectivity index (χ0) is 12.3. The summed E-state index contributed by atoms with van der Waals surface area (Å²) in [6.07, 6.45) is 0. The van der Waals surface area contributed by atoms with Crippen molar-refractivity contribution in [1.82, 2.24) is 0 Å². The van der Waals surface area contributed by atoms with Crippen LogP contribution in [0.2, 0.25) is 5.02 Å². The normalized spacial score (nSPS) is 10.3. The highest BCUT2D eigenvalue weighted by molar-refractivity contribution is 14.1. The van der Waals surface area contributed by atoms with Gasteiger partial charge in [-0.1, -0.05) is 41.9 Å². The first-order valence-corrected chi connectivity index (χ1v) is 6.44. The van der Waals surface area contributed by atoms with Gasteiger partial charge in [-0.05, 0) is 40.3 Å². The van der Waals surface area contributed by atoms with Gasteiger partial charge in [-0.3, -0.25) is 0 Å². The minimum atomic E-state index is -0.408. The maximum absolute atomic E-state index is 13.7. The lowest BCUT2D eigenvalue weighted by Gasteiger charge is -2.09. The van der Waals surface area contributed by atoms with E-state index in [1.54, 1.807) is 12.1 Å². The van der Waals surface area contributed by atoms with Crippen molar-refractivity contribution >= 4 is 34.2 Å². The molecule has 0 saturated heterocycles. The van der Waals surface area contributed by atoms with E-state index in [9.17, 15) is 4.39 Å². The molecule has 0 N–H and O–H groups in total. The van der Waals surface area contributed by atoms with E-state index in [4.69, 9.17) is 16.3 Å². The molecule has 0 aromatic heterocycles. The largest absolute Gasteiger partial charge is 0.484 e. The Balaban J connectivity index is 2.17. The molecule has 0 radical (unpaired) electrons. The van der Waals surface area contributed by atoms with E-state index in [0.29, 0.717) is 15.2 Å². The second-order valence-corrected chi connectivity index (χ2v) is 5.02. The van der Waals surface area contributed by atoms with Gasteiger partial charge in [-0.2, -0.15) is 0 Å². The highest BCUT2D eigenvalue weighted by atomic mass is 127. The van der Waals surface area contributed by atoms with Crippen LogP contribution in [0.1, 0.15) is 5.56 Å². The van der Waals surface area contributed by atoms with Crippen molar-refractivity contribution in [2.45, 2.75) is 6.61 Å². The molecule has 0 aliphatic carbocycles. The fourth-order valence-corrected chi connectivity index (χ4v) is 2.00. The fourth-order valence-electron chi connectivity index (χ4n) is 1.37. The van der Waals surface area contributed by atoms with Crippen LogP contribution in [-0.4, -0.2) is 0 Å². The Morgan fingerprint density at radius 1 is 1.12 bits per heavy atom. The van der Waals surface area contributed by atoms with Crippen LogP contribution < -0.4 is 4.74 Å². The van der Waals surface area contributed by atoms with Gasteiger partial charge in [0.05, 0.1) is 8.59 Å². The van der Waals surface area contributed by atoms with Crippen LogP contribution in [0.15, 0.2) is 42.5 Å². The van der Waals surface area contributed by atoms with Gasteiger partial charge in [0.1, 0.15) is 6.61 Å².